The third kappa shape index (κ3) is 3.82. The van der Waals surface area contributed by atoms with Crippen molar-refractivity contribution in [2.45, 2.75) is 19.0 Å². The van der Waals surface area contributed by atoms with Crippen LogP contribution in [0.25, 0.3) is 11.1 Å². The first-order chi connectivity index (χ1) is 13.2. The number of anilines is 1. The summed E-state index contributed by atoms with van der Waals surface area (Å²) >= 11 is 0. The molecule has 1 spiro atoms. The Bertz CT molecular complexity index is 871. The maximum absolute atomic E-state index is 11.1. The van der Waals surface area contributed by atoms with Gasteiger partial charge in [0.25, 0.3) is 5.09 Å². The van der Waals surface area contributed by atoms with Gasteiger partial charge in [-0.1, -0.05) is 44.2 Å². The Morgan fingerprint density at radius 3 is 2.50 bits per heavy atom. The molecule has 2 aliphatic rings. The summed E-state index contributed by atoms with van der Waals surface area (Å²) in [6.45, 7) is 9.30. The minimum Gasteiger partial charge on any atom is -0.353 e. The van der Waals surface area contributed by atoms with E-state index in [9.17, 15) is 10.1 Å². The first kappa shape index (κ1) is 19.1. The molecule has 2 aromatic rings. The molecule has 0 amide bonds. The van der Waals surface area contributed by atoms with Crippen LogP contribution in [0.4, 0.5) is 5.82 Å². The van der Waals surface area contributed by atoms with Gasteiger partial charge in [-0.2, -0.15) is 0 Å². The molecular weight excluding hydrogens is 375 g/mol. The predicted molar refractivity (Wildman–Crippen MR) is 112 cm³/mol. The summed E-state index contributed by atoms with van der Waals surface area (Å²) in [7, 11) is 2.90. The number of rotatable bonds is 6. The molecule has 1 unspecified atom stereocenters. The van der Waals surface area contributed by atoms with E-state index < -0.39 is 5.09 Å². The highest BCUT2D eigenvalue weighted by Crippen LogP contribution is 2.46. The predicted octanol–water partition coefficient (Wildman–Crippen LogP) is 3.09. The minimum atomic E-state index is -0.755. The molecule has 4 rings (SSSR count). The zero-order valence-corrected chi connectivity index (χ0v) is 17.3. The van der Waals surface area contributed by atoms with Crippen molar-refractivity contribution in [2.75, 3.05) is 37.6 Å². The number of nitrogens with zero attached hydrogens (tertiary/aromatic N) is 4. The van der Waals surface area contributed by atoms with E-state index >= 15 is 0 Å². The molecule has 2 fully saturated rings. The van der Waals surface area contributed by atoms with Crippen molar-refractivity contribution in [1.29, 1.82) is 0 Å². The van der Waals surface area contributed by atoms with Gasteiger partial charge in [-0.15, -0.1) is 19.4 Å². The molecular formula is C20H25N4O3P. The van der Waals surface area contributed by atoms with Crippen molar-refractivity contribution in [3.8, 4) is 16.9 Å². The van der Waals surface area contributed by atoms with Crippen LogP contribution in [0.3, 0.4) is 0 Å². The topological polar surface area (TPSA) is 71.7 Å². The Morgan fingerprint density at radius 2 is 1.89 bits per heavy atom. The normalized spacial score (nSPS) is 18.5. The van der Waals surface area contributed by atoms with Crippen molar-refractivity contribution in [3.05, 3.63) is 52.7 Å². The van der Waals surface area contributed by atoms with Gasteiger partial charge in [0.05, 0.1) is 0 Å². The van der Waals surface area contributed by atoms with E-state index in [1.807, 2.05) is 30.3 Å². The highest BCUT2D eigenvalue weighted by molar-refractivity contribution is 7.18. The van der Waals surface area contributed by atoms with Crippen molar-refractivity contribution in [2.24, 2.45) is 5.41 Å². The number of benzene rings is 1. The first-order valence-corrected chi connectivity index (χ1v) is 9.95. The fourth-order valence-electron chi connectivity index (χ4n) is 4.38. The fraction of sp³-hybridized carbons (Fsp3) is 0.450. The molecule has 0 saturated carbocycles. The van der Waals surface area contributed by atoms with E-state index in [4.69, 9.17) is 4.84 Å². The van der Waals surface area contributed by atoms with Crippen LogP contribution in [0.15, 0.2) is 42.6 Å². The van der Waals surface area contributed by atoms with Crippen LogP contribution in [-0.4, -0.2) is 52.9 Å². The average molecular weight is 400 g/mol. The molecule has 148 valence electrons. The summed E-state index contributed by atoms with van der Waals surface area (Å²) in [6, 6.07) is 11.3. The molecule has 1 atom stereocenters. The van der Waals surface area contributed by atoms with Gasteiger partial charge in [-0.3, -0.25) is 4.84 Å². The number of pyridine rings is 1. The lowest BCUT2D eigenvalue weighted by Crippen LogP contribution is -2.73. The summed E-state index contributed by atoms with van der Waals surface area (Å²) in [6.07, 6.45) is 1.69. The maximum Gasteiger partial charge on any atom is 0.299 e. The lowest BCUT2D eigenvalue weighted by molar-refractivity contribution is -0.710. The number of hydrogen-bond acceptors (Lipinski definition) is 6. The minimum absolute atomic E-state index is 0.212. The fourth-order valence-corrected chi connectivity index (χ4v) is 4.63. The van der Waals surface area contributed by atoms with Gasteiger partial charge in [-0.25, -0.2) is 4.98 Å². The summed E-state index contributed by atoms with van der Waals surface area (Å²) in [4.78, 5) is 25.1. The van der Waals surface area contributed by atoms with E-state index in [0.29, 0.717) is 11.4 Å². The zero-order chi connectivity index (χ0) is 19.9. The van der Waals surface area contributed by atoms with Gasteiger partial charge >= 0.3 is 0 Å². The molecule has 2 saturated heterocycles. The second-order valence-corrected chi connectivity index (χ2v) is 10.2. The molecule has 28 heavy (non-hydrogen) atoms. The van der Waals surface area contributed by atoms with Gasteiger partial charge in [0, 0.05) is 49.9 Å². The van der Waals surface area contributed by atoms with Crippen LogP contribution in [-0.2, 0) is 0 Å². The highest BCUT2D eigenvalue weighted by Gasteiger charge is 2.52. The summed E-state index contributed by atoms with van der Waals surface area (Å²) in [5.74, 6) is 0.768. The summed E-state index contributed by atoms with van der Waals surface area (Å²) in [5.41, 5.74) is 1.82. The van der Waals surface area contributed by atoms with Crippen LogP contribution in [0.2, 0.25) is 0 Å². The van der Waals surface area contributed by atoms with E-state index in [1.165, 1.54) is 0 Å². The van der Waals surface area contributed by atoms with Gasteiger partial charge in [0.1, 0.15) is 0 Å². The van der Waals surface area contributed by atoms with Crippen molar-refractivity contribution < 1.29 is 9.92 Å². The third-order valence-electron chi connectivity index (χ3n) is 5.24. The first-order valence-electron chi connectivity index (χ1n) is 9.38. The summed E-state index contributed by atoms with van der Waals surface area (Å²) in [5, 5.41) is 10.6. The van der Waals surface area contributed by atoms with Gasteiger partial charge in [0.2, 0.25) is 0 Å². The second-order valence-electron chi connectivity index (χ2n) is 8.68. The quantitative estimate of drug-likeness (QED) is 0.422. The molecule has 1 aromatic heterocycles. The SMILES string of the molecule is CC(C)(P)CN1CC2(C1)CN(c1nccc(-c3ccccc3)c1O[N+](=O)[O-])C2. The molecule has 0 radical (unpaired) electrons. The Labute approximate surface area is 167 Å². The van der Waals surface area contributed by atoms with E-state index in [2.05, 4.69) is 37.9 Å². The average Bonchev–Trinajstić information content (AvgIpc) is 2.56. The Hall–Kier alpha value is -2.24. The molecule has 2 aliphatic heterocycles. The zero-order valence-electron chi connectivity index (χ0n) is 16.2. The Kier molecular flexibility index (Phi) is 4.76. The van der Waals surface area contributed by atoms with Crippen LogP contribution in [0.5, 0.6) is 5.75 Å². The number of aromatic nitrogens is 1. The van der Waals surface area contributed by atoms with E-state index in [-0.39, 0.29) is 16.3 Å². The Morgan fingerprint density at radius 1 is 1.21 bits per heavy atom. The van der Waals surface area contributed by atoms with Crippen LogP contribution < -0.4 is 9.74 Å². The lowest BCUT2D eigenvalue weighted by Gasteiger charge is -2.61. The molecule has 0 aliphatic carbocycles. The Balaban J connectivity index is 1.53. The number of hydrogen-bond donors (Lipinski definition) is 0. The van der Waals surface area contributed by atoms with E-state index in [0.717, 1.165) is 38.3 Å². The van der Waals surface area contributed by atoms with Gasteiger partial charge in [0.15, 0.2) is 11.6 Å². The third-order valence-corrected chi connectivity index (χ3v) is 5.42. The highest BCUT2D eigenvalue weighted by atomic mass is 31.0. The van der Waals surface area contributed by atoms with Crippen molar-refractivity contribution in [3.63, 3.8) is 0 Å². The molecule has 0 bridgehead atoms. The largest absolute Gasteiger partial charge is 0.353 e. The van der Waals surface area contributed by atoms with Gasteiger partial charge in [-0.05, 0) is 16.8 Å². The van der Waals surface area contributed by atoms with Crippen LogP contribution in [0, 0.1) is 15.5 Å². The monoisotopic (exact) mass is 400 g/mol. The smallest absolute Gasteiger partial charge is 0.299 e. The van der Waals surface area contributed by atoms with Crippen molar-refractivity contribution >= 4 is 15.1 Å². The molecule has 8 heteroatoms. The molecule has 3 heterocycles. The molecule has 7 nitrogen and oxygen atoms in total. The van der Waals surface area contributed by atoms with Gasteiger partial charge < -0.3 is 9.80 Å². The second kappa shape index (κ2) is 6.98. The van der Waals surface area contributed by atoms with E-state index in [1.54, 1.807) is 12.3 Å². The molecule has 0 N–H and O–H groups in total. The van der Waals surface area contributed by atoms with Crippen LogP contribution >= 0.6 is 9.24 Å². The maximum atomic E-state index is 11.1. The van der Waals surface area contributed by atoms with Crippen molar-refractivity contribution in [1.82, 2.24) is 9.88 Å². The number of likely N-dealkylation sites (tertiary alicyclic amines) is 1. The summed E-state index contributed by atoms with van der Waals surface area (Å²) < 4.78 is 0. The standard InChI is InChI=1S/C20H25N4O3P/c1-19(2,28)10-22-11-20(12-22)13-23(14-20)18-17(27-24(25)26)16(8-9-21-18)15-6-4-3-5-7-15/h3-9H,10-14,28H2,1-2H3. The molecule has 1 aromatic carbocycles. The lowest BCUT2D eigenvalue weighted by atomic mass is 9.72. The van der Waals surface area contributed by atoms with Crippen LogP contribution in [0.1, 0.15) is 13.8 Å².